The Morgan fingerprint density at radius 1 is 1.42 bits per heavy atom. The summed E-state index contributed by atoms with van der Waals surface area (Å²) in [7, 11) is 1.00. The minimum Gasteiger partial charge on any atom is -0.400 e. The zero-order valence-corrected chi connectivity index (χ0v) is 7.08. The summed E-state index contributed by atoms with van der Waals surface area (Å²) < 4.78 is 0. The van der Waals surface area contributed by atoms with Crippen molar-refractivity contribution in [2.24, 2.45) is 0 Å². The lowest BCUT2D eigenvalue weighted by Crippen LogP contribution is -1.81. The van der Waals surface area contributed by atoms with Gasteiger partial charge in [0.2, 0.25) is 5.28 Å². The van der Waals surface area contributed by atoms with Crippen LogP contribution < -0.4 is 0 Å². The van der Waals surface area contributed by atoms with Crippen LogP contribution in [0.2, 0.25) is 5.28 Å². The molecule has 0 amide bonds. The highest BCUT2D eigenvalue weighted by molar-refractivity contribution is 6.28. The quantitative estimate of drug-likeness (QED) is 0.592. The van der Waals surface area contributed by atoms with Gasteiger partial charge in [-0.2, -0.15) is 4.98 Å². The van der Waals surface area contributed by atoms with Crippen LogP contribution in [-0.2, 0) is 0 Å². The van der Waals surface area contributed by atoms with Crippen molar-refractivity contribution in [3.05, 3.63) is 17.8 Å². The molecule has 0 saturated heterocycles. The van der Waals surface area contributed by atoms with Crippen LogP contribution in [0.15, 0.2) is 12.5 Å². The zero-order chi connectivity index (χ0) is 8.97. The Morgan fingerprint density at radius 3 is 2.92 bits per heavy atom. The average Bonchev–Trinajstić information content (AvgIpc) is 2.54. The standard InChI is InChI=1S/C5H3ClN4.CH4O/c6-5-7-1-3-4(10-5)9-2-8-3;1-2/h1-2H,(H,7,8,9,10);2H,1H3. The first-order valence-electron chi connectivity index (χ1n) is 3.12. The molecule has 6 heteroatoms. The fraction of sp³-hybridized carbons (Fsp3) is 0.167. The minimum absolute atomic E-state index is 0.222. The lowest BCUT2D eigenvalue weighted by Gasteiger charge is -1.85. The lowest BCUT2D eigenvalue weighted by atomic mass is 10.6. The first kappa shape index (κ1) is 8.89. The highest BCUT2D eigenvalue weighted by Crippen LogP contribution is 2.06. The predicted molar refractivity (Wildman–Crippen MR) is 44.8 cm³/mol. The first-order chi connectivity index (χ1) is 5.86. The van der Waals surface area contributed by atoms with Crippen molar-refractivity contribution >= 4 is 22.8 Å². The van der Waals surface area contributed by atoms with E-state index in [1.807, 2.05) is 0 Å². The smallest absolute Gasteiger partial charge is 0.224 e. The van der Waals surface area contributed by atoms with Gasteiger partial charge in [0.25, 0.3) is 0 Å². The van der Waals surface area contributed by atoms with Gasteiger partial charge in [-0.05, 0) is 11.6 Å². The second kappa shape index (κ2) is 3.99. The van der Waals surface area contributed by atoms with E-state index in [0.717, 1.165) is 12.6 Å². The van der Waals surface area contributed by atoms with Crippen LogP contribution in [0.5, 0.6) is 0 Å². The van der Waals surface area contributed by atoms with Gasteiger partial charge >= 0.3 is 0 Å². The Balaban J connectivity index is 0.000000336. The maximum Gasteiger partial charge on any atom is 0.224 e. The summed E-state index contributed by atoms with van der Waals surface area (Å²) in [5, 5.41) is 7.22. The normalized spacial score (nSPS) is 9.25. The summed E-state index contributed by atoms with van der Waals surface area (Å²) in [6.07, 6.45) is 3.15. The van der Waals surface area contributed by atoms with Crippen molar-refractivity contribution in [1.82, 2.24) is 19.9 Å². The zero-order valence-electron chi connectivity index (χ0n) is 6.32. The van der Waals surface area contributed by atoms with Gasteiger partial charge in [-0.25, -0.2) is 9.97 Å². The SMILES string of the molecule is CO.Clc1ncc2[nH]cnc2n1. The first-order valence-corrected chi connectivity index (χ1v) is 3.50. The number of aliphatic hydroxyl groups is 1. The second-order valence-corrected chi connectivity index (χ2v) is 2.12. The third-order valence-corrected chi connectivity index (χ3v) is 1.33. The van der Waals surface area contributed by atoms with E-state index in [9.17, 15) is 0 Å². The predicted octanol–water partition coefficient (Wildman–Crippen LogP) is 0.615. The van der Waals surface area contributed by atoms with Crippen LogP contribution in [0.4, 0.5) is 0 Å². The van der Waals surface area contributed by atoms with E-state index in [-0.39, 0.29) is 5.28 Å². The van der Waals surface area contributed by atoms with E-state index in [0.29, 0.717) is 5.65 Å². The molecule has 0 atom stereocenters. The molecule has 2 N–H and O–H groups in total. The number of hydrogen-bond donors (Lipinski definition) is 2. The maximum absolute atomic E-state index is 7.00. The van der Waals surface area contributed by atoms with Gasteiger partial charge < -0.3 is 10.1 Å². The van der Waals surface area contributed by atoms with E-state index < -0.39 is 0 Å². The molecule has 0 aromatic carbocycles. The van der Waals surface area contributed by atoms with Gasteiger partial charge in [-0.15, -0.1) is 0 Å². The third-order valence-electron chi connectivity index (χ3n) is 1.15. The molecule has 0 aliphatic rings. The van der Waals surface area contributed by atoms with Gasteiger partial charge in [-0.3, -0.25) is 0 Å². The molecule has 5 nitrogen and oxygen atoms in total. The van der Waals surface area contributed by atoms with Gasteiger partial charge in [0.15, 0.2) is 5.65 Å². The number of aromatic nitrogens is 4. The van der Waals surface area contributed by atoms with E-state index in [4.69, 9.17) is 16.7 Å². The number of nitrogens with zero attached hydrogens (tertiary/aromatic N) is 3. The number of aromatic amines is 1. The number of halogens is 1. The molecule has 0 radical (unpaired) electrons. The van der Waals surface area contributed by atoms with Gasteiger partial charge in [0.05, 0.1) is 12.5 Å². The second-order valence-electron chi connectivity index (χ2n) is 1.78. The molecular weight excluding hydrogens is 180 g/mol. The summed E-state index contributed by atoms with van der Waals surface area (Å²) in [6, 6.07) is 0. The Hall–Kier alpha value is -1.20. The summed E-state index contributed by atoms with van der Waals surface area (Å²) in [4.78, 5) is 14.4. The fourth-order valence-corrected chi connectivity index (χ4v) is 0.844. The summed E-state index contributed by atoms with van der Waals surface area (Å²) in [5.74, 6) is 0. The monoisotopic (exact) mass is 186 g/mol. The van der Waals surface area contributed by atoms with Crippen LogP contribution >= 0.6 is 11.6 Å². The number of nitrogens with one attached hydrogen (secondary N) is 1. The number of H-pyrrole nitrogens is 1. The molecule has 0 aliphatic heterocycles. The van der Waals surface area contributed by atoms with Gasteiger partial charge in [-0.1, -0.05) is 0 Å². The molecule has 0 saturated carbocycles. The van der Waals surface area contributed by atoms with Crippen LogP contribution in [0.1, 0.15) is 0 Å². The Labute approximate surface area is 73.4 Å². The van der Waals surface area contributed by atoms with Crippen molar-refractivity contribution in [3.8, 4) is 0 Å². The van der Waals surface area contributed by atoms with Crippen molar-refractivity contribution in [2.45, 2.75) is 0 Å². The molecule has 0 unspecified atom stereocenters. The highest BCUT2D eigenvalue weighted by atomic mass is 35.5. The minimum atomic E-state index is 0.222. The van der Waals surface area contributed by atoms with Gasteiger partial charge in [0.1, 0.15) is 5.52 Å². The van der Waals surface area contributed by atoms with Gasteiger partial charge in [0, 0.05) is 7.11 Å². The third kappa shape index (κ3) is 1.69. The number of rotatable bonds is 0. The summed E-state index contributed by atoms with van der Waals surface area (Å²) in [6.45, 7) is 0. The van der Waals surface area contributed by atoms with Crippen molar-refractivity contribution in [2.75, 3.05) is 7.11 Å². The van der Waals surface area contributed by atoms with Crippen LogP contribution in [0, 0.1) is 0 Å². The van der Waals surface area contributed by atoms with E-state index in [1.54, 1.807) is 12.5 Å². The molecule has 2 aromatic rings. The molecule has 12 heavy (non-hydrogen) atoms. The van der Waals surface area contributed by atoms with Crippen LogP contribution in [0.25, 0.3) is 11.2 Å². The van der Waals surface area contributed by atoms with Crippen molar-refractivity contribution < 1.29 is 5.11 Å². The molecule has 2 aromatic heterocycles. The summed E-state index contributed by atoms with van der Waals surface area (Å²) in [5.41, 5.74) is 1.39. The molecule has 0 aliphatic carbocycles. The number of imidazole rings is 1. The van der Waals surface area contributed by atoms with Crippen molar-refractivity contribution in [3.63, 3.8) is 0 Å². The molecule has 0 spiro atoms. The van der Waals surface area contributed by atoms with Crippen molar-refractivity contribution in [1.29, 1.82) is 0 Å². The Bertz CT molecular complexity index is 361. The molecular formula is C6H7ClN4O. The van der Waals surface area contributed by atoms with Crippen LogP contribution in [-0.4, -0.2) is 32.2 Å². The topological polar surface area (TPSA) is 74.7 Å². The number of hydrogen-bond acceptors (Lipinski definition) is 4. The molecule has 0 bridgehead atoms. The van der Waals surface area contributed by atoms with E-state index >= 15 is 0 Å². The molecule has 0 fully saturated rings. The summed E-state index contributed by atoms with van der Waals surface area (Å²) >= 11 is 5.50. The largest absolute Gasteiger partial charge is 0.400 e. The average molecular weight is 187 g/mol. The Morgan fingerprint density at radius 2 is 2.17 bits per heavy atom. The fourth-order valence-electron chi connectivity index (χ4n) is 0.715. The lowest BCUT2D eigenvalue weighted by molar-refractivity contribution is 0.399. The highest BCUT2D eigenvalue weighted by Gasteiger charge is 1.96. The number of aliphatic hydroxyl groups excluding tert-OH is 1. The van der Waals surface area contributed by atoms with E-state index in [1.165, 1.54) is 0 Å². The Kier molecular flexibility index (Phi) is 2.95. The molecule has 2 heterocycles. The maximum atomic E-state index is 7.00. The van der Waals surface area contributed by atoms with E-state index in [2.05, 4.69) is 19.9 Å². The molecule has 64 valence electrons. The van der Waals surface area contributed by atoms with Crippen LogP contribution in [0.3, 0.4) is 0 Å². The number of fused-ring (bicyclic) bond motifs is 1. The molecule has 2 rings (SSSR count).